The Labute approximate surface area is 144 Å². The number of ether oxygens (including phenoxy) is 1. The molecule has 0 radical (unpaired) electrons. The number of aryl methyl sites for hydroxylation is 1. The third-order valence-electron chi connectivity index (χ3n) is 3.70. The minimum Gasteiger partial charge on any atom is -0.449 e. The van der Waals surface area contributed by atoms with E-state index in [2.05, 4.69) is 5.10 Å². The number of aromatic nitrogens is 2. The molecule has 10 heteroatoms. The van der Waals surface area contributed by atoms with Crippen LogP contribution in [0.1, 0.15) is 30.6 Å². The Balaban J connectivity index is 2.16. The molecular weight excluding hydrogens is 358 g/mol. The number of nitrogens with two attached hydrogens (primary N) is 1. The highest BCUT2D eigenvalue weighted by molar-refractivity contribution is 7.91. The molecule has 1 amide bonds. The van der Waals surface area contributed by atoms with E-state index in [1.165, 1.54) is 17.7 Å². The second-order valence-electron chi connectivity index (χ2n) is 5.61. The molecule has 1 aliphatic heterocycles. The molecular formula is C14H18ClN3O5S. The number of rotatable bonds is 5. The number of primary amides is 1. The first-order chi connectivity index (χ1) is 11.1. The van der Waals surface area contributed by atoms with Crippen molar-refractivity contribution in [2.45, 2.75) is 32.4 Å². The third kappa shape index (κ3) is 4.15. The van der Waals surface area contributed by atoms with E-state index in [4.69, 9.17) is 22.1 Å². The lowest BCUT2D eigenvalue weighted by Crippen LogP contribution is -2.29. The largest absolute Gasteiger partial charge is 0.449 e. The predicted molar refractivity (Wildman–Crippen MR) is 88.1 cm³/mol. The standard InChI is InChI=1S/C14H18ClN3O5S/c1-8-11(3-4-12(19)23-9(2)14(16)20)13(15)18(17-8)10-5-6-24(21,22)7-10/h3-4,9-10H,5-7H2,1-2H3,(H2,16,20)/b4-3+/t9-,10-/m0/s1. The molecule has 2 atom stereocenters. The summed E-state index contributed by atoms with van der Waals surface area (Å²) in [5, 5.41) is 4.52. The quantitative estimate of drug-likeness (QED) is 0.595. The Kier molecular flexibility index (Phi) is 5.34. The molecule has 2 N–H and O–H groups in total. The van der Waals surface area contributed by atoms with Crippen molar-refractivity contribution in [2.75, 3.05) is 11.5 Å². The molecule has 1 aromatic rings. The molecule has 0 spiro atoms. The average molecular weight is 376 g/mol. The summed E-state index contributed by atoms with van der Waals surface area (Å²) in [5.74, 6) is -1.39. The summed E-state index contributed by atoms with van der Waals surface area (Å²) in [6.07, 6.45) is 1.95. The minimum atomic E-state index is -3.07. The second kappa shape index (κ2) is 6.94. The van der Waals surface area contributed by atoms with Gasteiger partial charge in [0.25, 0.3) is 5.91 Å². The molecule has 24 heavy (non-hydrogen) atoms. The van der Waals surface area contributed by atoms with Gasteiger partial charge < -0.3 is 10.5 Å². The normalized spacial score (nSPS) is 21.0. The molecule has 1 fully saturated rings. The van der Waals surface area contributed by atoms with Gasteiger partial charge in [0, 0.05) is 11.6 Å². The first-order valence-electron chi connectivity index (χ1n) is 7.24. The fourth-order valence-electron chi connectivity index (χ4n) is 2.35. The van der Waals surface area contributed by atoms with Gasteiger partial charge in [0.05, 0.1) is 23.2 Å². The van der Waals surface area contributed by atoms with Gasteiger partial charge >= 0.3 is 5.97 Å². The molecule has 1 saturated heterocycles. The van der Waals surface area contributed by atoms with E-state index in [0.29, 0.717) is 17.7 Å². The number of carbonyl (C=O) groups excluding carboxylic acids is 2. The van der Waals surface area contributed by atoms with Crippen molar-refractivity contribution < 1.29 is 22.7 Å². The maximum Gasteiger partial charge on any atom is 0.331 e. The van der Waals surface area contributed by atoms with Gasteiger partial charge in [-0.05, 0) is 26.3 Å². The Morgan fingerprint density at radius 3 is 2.71 bits per heavy atom. The summed E-state index contributed by atoms with van der Waals surface area (Å²) >= 11 is 6.27. The van der Waals surface area contributed by atoms with Gasteiger partial charge in [0.2, 0.25) is 0 Å². The fourth-order valence-corrected chi connectivity index (χ4v) is 4.42. The fraction of sp³-hybridized carbons (Fsp3) is 0.500. The Hall–Kier alpha value is -1.87. The molecule has 0 unspecified atom stereocenters. The van der Waals surface area contributed by atoms with Crippen LogP contribution >= 0.6 is 11.6 Å². The van der Waals surface area contributed by atoms with E-state index in [9.17, 15) is 18.0 Å². The summed E-state index contributed by atoms with van der Waals surface area (Å²) in [6.45, 7) is 3.06. The van der Waals surface area contributed by atoms with Gasteiger partial charge in [-0.2, -0.15) is 5.10 Å². The van der Waals surface area contributed by atoms with Gasteiger partial charge in [-0.15, -0.1) is 0 Å². The maximum atomic E-state index is 11.6. The van der Waals surface area contributed by atoms with Gasteiger partial charge in [-0.1, -0.05) is 11.6 Å². The van der Waals surface area contributed by atoms with Crippen LogP contribution in [0, 0.1) is 6.92 Å². The maximum absolute atomic E-state index is 11.6. The van der Waals surface area contributed by atoms with E-state index in [1.54, 1.807) is 6.92 Å². The van der Waals surface area contributed by atoms with Crippen LogP contribution < -0.4 is 5.73 Å². The monoisotopic (exact) mass is 375 g/mol. The minimum absolute atomic E-state index is 0.00480. The third-order valence-corrected chi connectivity index (χ3v) is 5.83. The van der Waals surface area contributed by atoms with Crippen LogP contribution in [0.25, 0.3) is 6.08 Å². The number of hydrogen-bond acceptors (Lipinski definition) is 6. The molecule has 2 rings (SSSR count). The number of carbonyl (C=O) groups is 2. The zero-order chi connectivity index (χ0) is 18.1. The highest BCUT2D eigenvalue weighted by atomic mass is 35.5. The van der Waals surface area contributed by atoms with Crippen molar-refractivity contribution in [3.63, 3.8) is 0 Å². The van der Waals surface area contributed by atoms with E-state index < -0.39 is 27.8 Å². The van der Waals surface area contributed by atoms with Crippen molar-refractivity contribution in [2.24, 2.45) is 5.73 Å². The summed E-state index contributed by atoms with van der Waals surface area (Å²) in [6, 6.07) is -0.315. The number of halogens is 1. The first-order valence-corrected chi connectivity index (χ1v) is 9.43. The lowest BCUT2D eigenvalue weighted by Gasteiger charge is -2.09. The highest BCUT2D eigenvalue weighted by Crippen LogP contribution is 2.30. The van der Waals surface area contributed by atoms with E-state index in [1.807, 2.05) is 0 Å². The summed E-state index contributed by atoms with van der Waals surface area (Å²) < 4.78 is 29.5. The molecule has 132 valence electrons. The average Bonchev–Trinajstić information content (AvgIpc) is 2.96. The SMILES string of the molecule is Cc1nn([C@H]2CCS(=O)(=O)C2)c(Cl)c1/C=C/C(=O)O[C@@H](C)C(N)=O. The van der Waals surface area contributed by atoms with Gasteiger partial charge in [0.15, 0.2) is 15.9 Å². The molecule has 0 aromatic carbocycles. The summed E-state index contributed by atoms with van der Waals surface area (Å²) in [5.41, 5.74) is 6.05. The summed E-state index contributed by atoms with van der Waals surface area (Å²) in [4.78, 5) is 22.5. The number of sulfone groups is 1. The van der Waals surface area contributed by atoms with Crippen molar-refractivity contribution in [1.29, 1.82) is 0 Å². The topological polar surface area (TPSA) is 121 Å². The zero-order valence-electron chi connectivity index (χ0n) is 13.2. The highest BCUT2D eigenvalue weighted by Gasteiger charge is 2.31. The molecule has 1 aromatic heterocycles. The van der Waals surface area contributed by atoms with Crippen LogP contribution in [0.3, 0.4) is 0 Å². The van der Waals surface area contributed by atoms with E-state index in [0.717, 1.165) is 6.08 Å². The van der Waals surface area contributed by atoms with Gasteiger partial charge in [-0.25, -0.2) is 17.9 Å². The van der Waals surface area contributed by atoms with Crippen LogP contribution in [0.2, 0.25) is 5.15 Å². The van der Waals surface area contributed by atoms with Crippen molar-refractivity contribution >= 4 is 39.4 Å². The smallest absolute Gasteiger partial charge is 0.331 e. The van der Waals surface area contributed by atoms with Crippen LogP contribution in [0.5, 0.6) is 0 Å². The lowest BCUT2D eigenvalue weighted by molar-refractivity contribution is -0.148. The lowest BCUT2D eigenvalue weighted by atomic mass is 10.2. The van der Waals surface area contributed by atoms with Gasteiger partial charge in [-0.3, -0.25) is 4.79 Å². The number of nitrogens with zero attached hydrogens (tertiary/aromatic N) is 2. The molecule has 0 saturated carbocycles. The molecule has 8 nitrogen and oxygen atoms in total. The van der Waals surface area contributed by atoms with Crippen molar-refractivity contribution in [3.05, 3.63) is 22.5 Å². The molecule has 0 aliphatic carbocycles. The van der Waals surface area contributed by atoms with Crippen LogP contribution in [0.4, 0.5) is 0 Å². The van der Waals surface area contributed by atoms with Crippen molar-refractivity contribution in [3.8, 4) is 0 Å². The Morgan fingerprint density at radius 1 is 1.50 bits per heavy atom. The van der Waals surface area contributed by atoms with E-state index >= 15 is 0 Å². The Bertz CT molecular complexity index is 800. The van der Waals surface area contributed by atoms with Crippen LogP contribution in [-0.4, -0.2) is 47.7 Å². The Morgan fingerprint density at radius 2 is 2.17 bits per heavy atom. The second-order valence-corrected chi connectivity index (χ2v) is 8.19. The number of amides is 1. The molecule has 1 aliphatic rings. The number of esters is 1. The predicted octanol–water partition coefficient (Wildman–Crippen LogP) is 0.635. The summed E-state index contributed by atoms with van der Waals surface area (Å²) in [7, 11) is -3.07. The zero-order valence-corrected chi connectivity index (χ0v) is 14.8. The molecule has 2 heterocycles. The molecule has 0 bridgehead atoms. The van der Waals surface area contributed by atoms with Crippen LogP contribution in [-0.2, 0) is 24.2 Å². The van der Waals surface area contributed by atoms with Gasteiger partial charge in [0.1, 0.15) is 5.15 Å². The van der Waals surface area contributed by atoms with Crippen molar-refractivity contribution in [1.82, 2.24) is 9.78 Å². The van der Waals surface area contributed by atoms with Crippen LogP contribution in [0.15, 0.2) is 6.08 Å². The van der Waals surface area contributed by atoms with E-state index in [-0.39, 0.29) is 22.7 Å². The number of hydrogen-bond donors (Lipinski definition) is 1. The first kappa shape index (κ1) is 18.5.